The van der Waals surface area contributed by atoms with E-state index >= 15 is 0 Å². The zero-order chi connectivity index (χ0) is 20.2. The molecule has 4 saturated carbocycles. The van der Waals surface area contributed by atoms with E-state index in [1.165, 1.54) is 6.42 Å². The van der Waals surface area contributed by atoms with Crippen molar-refractivity contribution in [3.05, 3.63) is 53.1 Å². The highest BCUT2D eigenvalue weighted by Crippen LogP contribution is 2.57. The Balaban J connectivity index is 1.38. The van der Waals surface area contributed by atoms with Crippen LogP contribution < -0.4 is 10.6 Å². The lowest BCUT2D eigenvalue weighted by Crippen LogP contribution is -2.69. The molecule has 4 aliphatic rings. The first-order valence-corrected chi connectivity index (χ1v) is 10.6. The summed E-state index contributed by atoms with van der Waals surface area (Å²) >= 11 is 0. The van der Waals surface area contributed by atoms with Gasteiger partial charge in [-0.15, -0.1) is 0 Å². The number of aromatic amines is 1. The molecule has 2 aromatic heterocycles. The fourth-order valence-corrected chi connectivity index (χ4v) is 6.48. The van der Waals surface area contributed by atoms with Crippen LogP contribution in [0, 0.1) is 25.7 Å². The van der Waals surface area contributed by atoms with Gasteiger partial charge in [-0.2, -0.15) is 0 Å². The van der Waals surface area contributed by atoms with Crippen molar-refractivity contribution in [1.82, 2.24) is 20.6 Å². The maximum absolute atomic E-state index is 13.0. The highest BCUT2D eigenvalue weighted by Gasteiger charge is 2.58. The maximum atomic E-state index is 13.0. The van der Waals surface area contributed by atoms with Gasteiger partial charge in [0.25, 0.3) is 11.8 Å². The van der Waals surface area contributed by atoms with Crippen molar-refractivity contribution in [2.45, 2.75) is 63.5 Å². The Kier molecular flexibility index (Phi) is 4.09. The number of aryl methyl sites for hydroxylation is 2. The summed E-state index contributed by atoms with van der Waals surface area (Å²) in [6.07, 6.45) is 7.81. The molecule has 29 heavy (non-hydrogen) atoms. The van der Waals surface area contributed by atoms with E-state index in [-0.39, 0.29) is 22.9 Å². The molecule has 6 nitrogen and oxygen atoms in total. The van der Waals surface area contributed by atoms with E-state index in [9.17, 15) is 9.59 Å². The minimum atomic E-state index is -0.242. The minimum Gasteiger partial charge on any atom is -0.364 e. The van der Waals surface area contributed by atoms with Crippen molar-refractivity contribution < 1.29 is 9.59 Å². The molecule has 4 aliphatic carbocycles. The Morgan fingerprint density at radius 2 is 1.69 bits per heavy atom. The second-order valence-electron chi connectivity index (χ2n) is 9.67. The monoisotopic (exact) mass is 392 g/mol. The Hall–Kier alpha value is -2.63. The Morgan fingerprint density at radius 3 is 2.28 bits per heavy atom. The molecular weight excluding hydrogens is 364 g/mol. The fourth-order valence-electron chi connectivity index (χ4n) is 6.48. The first-order chi connectivity index (χ1) is 13.8. The summed E-state index contributed by atoms with van der Waals surface area (Å²) in [6, 6.07) is 7.43. The lowest BCUT2D eigenvalue weighted by Gasteiger charge is -2.62. The molecule has 2 heterocycles. The van der Waals surface area contributed by atoms with Crippen LogP contribution in [0.4, 0.5) is 0 Å². The van der Waals surface area contributed by atoms with Crippen LogP contribution in [0.2, 0.25) is 0 Å². The molecule has 3 N–H and O–H groups in total. The lowest BCUT2D eigenvalue weighted by atomic mass is 9.49. The van der Waals surface area contributed by atoms with Gasteiger partial charge in [0.05, 0.1) is 5.56 Å². The third-order valence-corrected chi connectivity index (χ3v) is 7.03. The SMILES string of the molecule is Cc1cccc(C(=O)NC23CC4CC(CC(NC(=O)c5c[nH]c(C)c5)(C4)C2)C3)n1. The van der Waals surface area contributed by atoms with Crippen LogP contribution in [0.5, 0.6) is 0 Å². The second-order valence-corrected chi connectivity index (χ2v) is 9.67. The maximum Gasteiger partial charge on any atom is 0.270 e. The van der Waals surface area contributed by atoms with E-state index in [0.29, 0.717) is 23.1 Å². The predicted molar refractivity (Wildman–Crippen MR) is 110 cm³/mol. The largest absolute Gasteiger partial charge is 0.364 e. The number of amides is 2. The van der Waals surface area contributed by atoms with E-state index in [0.717, 1.165) is 43.5 Å². The lowest BCUT2D eigenvalue weighted by molar-refractivity contribution is -0.0448. The number of H-pyrrole nitrogens is 1. The van der Waals surface area contributed by atoms with Gasteiger partial charge in [-0.25, -0.2) is 4.98 Å². The van der Waals surface area contributed by atoms with Crippen molar-refractivity contribution in [3.8, 4) is 0 Å². The fraction of sp³-hybridized carbons (Fsp3) is 0.522. The number of pyridine rings is 1. The van der Waals surface area contributed by atoms with Gasteiger partial charge < -0.3 is 15.6 Å². The third kappa shape index (κ3) is 3.34. The third-order valence-electron chi connectivity index (χ3n) is 7.03. The van der Waals surface area contributed by atoms with E-state index in [2.05, 4.69) is 20.6 Å². The van der Waals surface area contributed by atoms with E-state index in [4.69, 9.17) is 0 Å². The number of aromatic nitrogens is 2. The average molecular weight is 393 g/mol. The molecule has 152 valence electrons. The number of carbonyl (C=O) groups is 2. The zero-order valence-electron chi connectivity index (χ0n) is 17.0. The molecule has 0 radical (unpaired) electrons. The summed E-state index contributed by atoms with van der Waals surface area (Å²) in [5.41, 5.74) is 2.51. The number of hydrogen-bond donors (Lipinski definition) is 3. The summed E-state index contributed by atoms with van der Waals surface area (Å²) in [6.45, 7) is 3.85. The van der Waals surface area contributed by atoms with Gasteiger partial charge >= 0.3 is 0 Å². The van der Waals surface area contributed by atoms with E-state index in [1.807, 2.05) is 32.0 Å². The standard InChI is InChI=1S/C23H28N4O2/c1-14-4-3-5-19(25-14)21(29)27-23-10-16-7-17(11-23)9-22(8-16,13-23)26-20(28)18-6-15(2)24-12-18/h3-6,12,16-17,24H,7-11,13H2,1-2H3,(H,26,28)(H,27,29). The van der Waals surface area contributed by atoms with Gasteiger partial charge in [-0.1, -0.05) is 6.07 Å². The van der Waals surface area contributed by atoms with Crippen molar-refractivity contribution in [2.24, 2.45) is 11.8 Å². The van der Waals surface area contributed by atoms with Crippen LogP contribution in [-0.2, 0) is 0 Å². The van der Waals surface area contributed by atoms with E-state index in [1.54, 1.807) is 12.3 Å². The molecule has 2 atom stereocenters. The number of nitrogens with one attached hydrogen (secondary N) is 3. The number of rotatable bonds is 4. The summed E-state index contributed by atoms with van der Waals surface area (Å²) in [4.78, 5) is 33.3. The molecular formula is C23H28N4O2. The molecule has 6 heteroatoms. The Morgan fingerprint density at radius 1 is 1.03 bits per heavy atom. The quantitative estimate of drug-likeness (QED) is 0.746. The smallest absolute Gasteiger partial charge is 0.270 e. The number of nitrogens with zero attached hydrogens (tertiary/aromatic N) is 1. The molecule has 4 fully saturated rings. The summed E-state index contributed by atoms with van der Waals surface area (Å²) in [5.74, 6) is 0.988. The first kappa shape index (κ1) is 18.4. The van der Waals surface area contributed by atoms with E-state index < -0.39 is 0 Å². The van der Waals surface area contributed by atoms with Gasteiger partial charge in [0.1, 0.15) is 5.69 Å². The minimum absolute atomic E-state index is 0.0156. The molecule has 2 aromatic rings. The molecule has 2 unspecified atom stereocenters. The summed E-state index contributed by atoms with van der Waals surface area (Å²) in [7, 11) is 0. The van der Waals surface area contributed by atoms with Gasteiger partial charge in [-0.3, -0.25) is 9.59 Å². The number of hydrogen-bond acceptors (Lipinski definition) is 3. The summed E-state index contributed by atoms with van der Waals surface area (Å²) < 4.78 is 0. The van der Waals surface area contributed by atoms with Crippen LogP contribution in [0.25, 0.3) is 0 Å². The molecule has 6 rings (SSSR count). The Bertz CT molecular complexity index is 965. The van der Waals surface area contributed by atoms with Crippen LogP contribution in [0.3, 0.4) is 0 Å². The molecule has 2 amide bonds. The molecule has 4 bridgehead atoms. The average Bonchev–Trinajstić information content (AvgIpc) is 3.06. The molecule has 0 saturated heterocycles. The van der Waals surface area contributed by atoms with Crippen LogP contribution in [-0.4, -0.2) is 32.9 Å². The van der Waals surface area contributed by atoms with Crippen LogP contribution >= 0.6 is 0 Å². The highest BCUT2D eigenvalue weighted by atomic mass is 16.2. The molecule has 0 aromatic carbocycles. The van der Waals surface area contributed by atoms with Gasteiger partial charge in [-0.05, 0) is 82.4 Å². The van der Waals surface area contributed by atoms with Crippen molar-refractivity contribution >= 4 is 11.8 Å². The second kappa shape index (κ2) is 6.44. The van der Waals surface area contributed by atoms with Crippen LogP contribution in [0.15, 0.2) is 30.5 Å². The Labute approximate surface area is 170 Å². The zero-order valence-corrected chi connectivity index (χ0v) is 17.0. The topological polar surface area (TPSA) is 86.9 Å². The van der Waals surface area contributed by atoms with Crippen molar-refractivity contribution in [3.63, 3.8) is 0 Å². The first-order valence-electron chi connectivity index (χ1n) is 10.6. The highest BCUT2D eigenvalue weighted by molar-refractivity contribution is 5.95. The van der Waals surface area contributed by atoms with Gasteiger partial charge in [0.2, 0.25) is 0 Å². The number of carbonyl (C=O) groups excluding carboxylic acids is 2. The van der Waals surface area contributed by atoms with Crippen molar-refractivity contribution in [2.75, 3.05) is 0 Å². The normalized spacial score (nSPS) is 32.2. The predicted octanol–water partition coefficient (Wildman–Crippen LogP) is 3.28. The molecule has 0 aliphatic heterocycles. The van der Waals surface area contributed by atoms with Gasteiger partial charge in [0, 0.05) is 28.7 Å². The van der Waals surface area contributed by atoms with Gasteiger partial charge in [0.15, 0.2) is 0 Å². The summed E-state index contributed by atoms with van der Waals surface area (Å²) in [5, 5.41) is 6.73. The molecule has 0 spiro atoms. The van der Waals surface area contributed by atoms with Crippen molar-refractivity contribution in [1.29, 1.82) is 0 Å². The van der Waals surface area contributed by atoms with Crippen LogP contribution in [0.1, 0.15) is 70.8 Å².